The molecule has 1 aromatic heterocycles. The first-order chi connectivity index (χ1) is 12.6. The van der Waals surface area contributed by atoms with E-state index < -0.39 is 5.97 Å². The van der Waals surface area contributed by atoms with E-state index >= 15 is 0 Å². The molecule has 0 aliphatic rings. The van der Waals surface area contributed by atoms with Gasteiger partial charge in [-0.05, 0) is 17.5 Å². The zero-order valence-electron chi connectivity index (χ0n) is 15.0. The number of carbonyl (C=O) groups excluding carboxylic acids is 1. The number of aromatic nitrogens is 2. The lowest BCUT2D eigenvalue weighted by molar-refractivity contribution is 0.0501. The molecule has 0 atom stereocenters. The van der Waals surface area contributed by atoms with Gasteiger partial charge in [0.15, 0.2) is 5.69 Å². The summed E-state index contributed by atoms with van der Waals surface area (Å²) in [4.78, 5) is 25.2. The number of hydrogen-bond acceptors (Lipinski definition) is 4. The minimum atomic E-state index is -0.505. The van der Waals surface area contributed by atoms with E-state index in [0.29, 0.717) is 23.7 Å². The molecule has 3 rings (SSSR count). The molecule has 0 saturated heterocycles. The predicted molar refractivity (Wildman–Crippen MR) is 101 cm³/mol. The second-order valence-corrected chi connectivity index (χ2v) is 6.65. The van der Waals surface area contributed by atoms with E-state index in [1.807, 2.05) is 44.2 Å². The summed E-state index contributed by atoms with van der Waals surface area (Å²) in [6.07, 6.45) is 0.635. The summed E-state index contributed by atoms with van der Waals surface area (Å²) in [5.74, 6) is -0.266. The SMILES string of the molecule is CC(C)Cn1nc(C(=O)OCCc2ccccc2)c2ccccc2c1=O. The Bertz CT molecular complexity index is 962. The van der Waals surface area contributed by atoms with Gasteiger partial charge in [-0.1, -0.05) is 62.4 Å². The van der Waals surface area contributed by atoms with Crippen molar-refractivity contribution in [2.75, 3.05) is 6.61 Å². The van der Waals surface area contributed by atoms with E-state index in [1.165, 1.54) is 4.68 Å². The summed E-state index contributed by atoms with van der Waals surface area (Å²) < 4.78 is 6.79. The number of rotatable bonds is 6. The molecular formula is C21H22N2O3. The fourth-order valence-corrected chi connectivity index (χ4v) is 2.83. The van der Waals surface area contributed by atoms with Crippen LogP contribution < -0.4 is 5.56 Å². The van der Waals surface area contributed by atoms with Crippen molar-refractivity contribution in [3.8, 4) is 0 Å². The van der Waals surface area contributed by atoms with Gasteiger partial charge in [0.2, 0.25) is 0 Å². The van der Waals surface area contributed by atoms with Crippen molar-refractivity contribution in [3.05, 3.63) is 76.2 Å². The van der Waals surface area contributed by atoms with E-state index in [1.54, 1.807) is 24.3 Å². The Balaban J connectivity index is 1.86. The summed E-state index contributed by atoms with van der Waals surface area (Å²) >= 11 is 0. The fraction of sp³-hybridized carbons (Fsp3) is 0.286. The Morgan fingerprint density at radius 1 is 1.04 bits per heavy atom. The summed E-state index contributed by atoms with van der Waals surface area (Å²) in [6.45, 7) is 4.72. The maximum Gasteiger partial charge on any atom is 0.359 e. The van der Waals surface area contributed by atoms with Crippen molar-refractivity contribution in [2.24, 2.45) is 5.92 Å². The van der Waals surface area contributed by atoms with Gasteiger partial charge in [0.1, 0.15) is 0 Å². The van der Waals surface area contributed by atoms with Crippen LogP contribution in [-0.4, -0.2) is 22.4 Å². The van der Waals surface area contributed by atoms with E-state index in [9.17, 15) is 9.59 Å². The second kappa shape index (κ2) is 7.95. The van der Waals surface area contributed by atoms with Crippen LogP contribution in [0.2, 0.25) is 0 Å². The quantitative estimate of drug-likeness (QED) is 0.639. The van der Waals surface area contributed by atoms with Gasteiger partial charge in [-0.25, -0.2) is 9.48 Å². The largest absolute Gasteiger partial charge is 0.461 e. The third kappa shape index (κ3) is 3.99. The Morgan fingerprint density at radius 3 is 2.38 bits per heavy atom. The highest BCUT2D eigenvalue weighted by atomic mass is 16.5. The van der Waals surface area contributed by atoms with Crippen LogP contribution in [0.15, 0.2) is 59.4 Å². The van der Waals surface area contributed by atoms with Gasteiger partial charge < -0.3 is 4.74 Å². The monoisotopic (exact) mass is 350 g/mol. The minimum absolute atomic E-state index is 0.185. The van der Waals surface area contributed by atoms with E-state index in [2.05, 4.69) is 5.10 Å². The molecule has 5 nitrogen and oxygen atoms in total. The van der Waals surface area contributed by atoms with Crippen LogP contribution in [0.5, 0.6) is 0 Å². The van der Waals surface area contributed by atoms with Gasteiger partial charge in [-0.15, -0.1) is 0 Å². The highest BCUT2D eigenvalue weighted by molar-refractivity contribution is 6.02. The van der Waals surface area contributed by atoms with Gasteiger partial charge in [0.05, 0.1) is 12.0 Å². The molecule has 0 aliphatic heterocycles. The molecule has 0 amide bonds. The van der Waals surface area contributed by atoms with Gasteiger partial charge in [0, 0.05) is 18.4 Å². The summed E-state index contributed by atoms with van der Waals surface area (Å²) in [5.41, 5.74) is 1.10. The first-order valence-electron chi connectivity index (χ1n) is 8.77. The van der Waals surface area contributed by atoms with Crippen LogP contribution >= 0.6 is 0 Å². The Labute approximate surface area is 152 Å². The molecular weight excluding hydrogens is 328 g/mol. The van der Waals surface area contributed by atoms with Crippen LogP contribution in [0, 0.1) is 5.92 Å². The van der Waals surface area contributed by atoms with E-state index in [0.717, 1.165) is 5.56 Å². The highest BCUT2D eigenvalue weighted by Crippen LogP contribution is 2.15. The molecule has 0 fully saturated rings. The van der Waals surface area contributed by atoms with Crippen molar-refractivity contribution in [3.63, 3.8) is 0 Å². The predicted octanol–water partition coefficient (Wildman–Crippen LogP) is 3.45. The van der Waals surface area contributed by atoms with Gasteiger partial charge in [-0.3, -0.25) is 4.79 Å². The van der Waals surface area contributed by atoms with Gasteiger partial charge >= 0.3 is 5.97 Å². The van der Waals surface area contributed by atoms with Gasteiger partial charge in [-0.2, -0.15) is 5.10 Å². The van der Waals surface area contributed by atoms with Crippen LogP contribution in [0.1, 0.15) is 29.9 Å². The summed E-state index contributed by atoms with van der Waals surface area (Å²) in [7, 11) is 0. The second-order valence-electron chi connectivity index (χ2n) is 6.65. The van der Waals surface area contributed by atoms with Crippen LogP contribution in [0.25, 0.3) is 10.8 Å². The van der Waals surface area contributed by atoms with Gasteiger partial charge in [0.25, 0.3) is 5.56 Å². The number of hydrogen-bond donors (Lipinski definition) is 0. The standard InChI is InChI=1S/C21H22N2O3/c1-15(2)14-23-20(24)18-11-7-6-10-17(18)19(22-23)21(25)26-13-12-16-8-4-3-5-9-16/h3-11,15H,12-14H2,1-2H3. The molecule has 0 spiro atoms. The van der Waals surface area contributed by atoms with Crippen molar-refractivity contribution >= 4 is 16.7 Å². The molecule has 134 valence electrons. The molecule has 2 aromatic carbocycles. The highest BCUT2D eigenvalue weighted by Gasteiger charge is 2.18. The fourth-order valence-electron chi connectivity index (χ4n) is 2.83. The Morgan fingerprint density at radius 2 is 1.69 bits per heavy atom. The molecule has 0 unspecified atom stereocenters. The first kappa shape index (κ1) is 17.9. The molecule has 3 aromatic rings. The smallest absolute Gasteiger partial charge is 0.359 e. The van der Waals surface area contributed by atoms with Crippen molar-refractivity contribution in [1.82, 2.24) is 9.78 Å². The van der Waals surface area contributed by atoms with Crippen molar-refractivity contribution in [1.29, 1.82) is 0 Å². The molecule has 0 saturated carbocycles. The number of carbonyl (C=O) groups is 1. The normalized spacial score (nSPS) is 11.0. The molecule has 0 radical (unpaired) electrons. The number of esters is 1. The maximum absolute atomic E-state index is 12.6. The average molecular weight is 350 g/mol. The molecule has 0 aliphatic carbocycles. The van der Waals surface area contributed by atoms with E-state index in [4.69, 9.17) is 4.74 Å². The summed E-state index contributed by atoms with van der Waals surface area (Å²) in [6, 6.07) is 16.9. The van der Waals surface area contributed by atoms with Crippen LogP contribution in [0.3, 0.4) is 0 Å². The van der Waals surface area contributed by atoms with Crippen molar-refractivity contribution in [2.45, 2.75) is 26.8 Å². The number of fused-ring (bicyclic) bond motifs is 1. The number of ether oxygens (including phenoxy) is 1. The molecule has 1 heterocycles. The Hall–Kier alpha value is -2.95. The van der Waals surface area contributed by atoms with E-state index in [-0.39, 0.29) is 23.8 Å². The Kier molecular flexibility index (Phi) is 5.46. The molecule has 0 bridgehead atoms. The lowest BCUT2D eigenvalue weighted by Gasteiger charge is -2.12. The maximum atomic E-state index is 12.6. The third-order valence-electron chi connectivity index (χ3n) is 4.07. The minimum Gasteiger partial charge on any atom is -0.461 e. The zero-order chi connectivity index (χ0) is 18.5. The van der Waals surface area contributed by atoms with Crippen LogP contribution in [0.4, 0.5) is 0 Å². The molecule has 26 heavy (non-hydrogen) atoms. The van der Waals surface area contributed by atoms with Crippen molar-refractivity contribution < 1.29 is 9.53 Å². The number of nitrogens with zero attached hydrogens (tertiary/aromatic N) is 2. The average Bonchev–Trinajstić information content (AvgIpc) is 2.64. The van der Waals surface area contributed by atoms with Crippen LogP contribution in [-0.2, 0) is 17.7 Å². The zero-order valence-corrected chi connectivity index (χ0v) is 15.0. The lowest BCUT2D eigenvalue weighted by atomic mass is 10.1. The third-order valence-corrected chi connectivity index (χ3v) is 4.07. The number of benzene rings is 2. The summed E-state index contributed by atoms with van der Waals surface area (Å²) in [5, 5.41) is 5.31. The lowest BCUT2D eigenvalue weighted by Crippen LogP contribution is -2.28. The topological polar surface area (TPSA) is 61.2 Å². The first-order valence-corrected chi connectivity index (χ1v) is 8.77. The molecule has 0 N–H and O–H groups in total. The molecule has 5 heteroatoms.